The Morgan fingerprint density at radius 3 is 2.50 bits per heavy atom. The zero-order valence-corrected chi connectivity index (χ0v) is 15.0. The van der Waals surface area contributed by atoms with E-state index in [-0.39, 0.29) is 11.6 Å². The van der Waals surface area contributed by atoms with Crippen molar-refractivity contribution in [2.75, 3.05) is 5.32 Å². The number of halogens is 2. The second-order valence-corrected chi connectivity index (χ2v) is 6.54. The van der Waals surface area contributed by atoms with Crippen LogP contribution < -0.4 is 5.32 Å². The predicted octanol–water partition coefficient (Wildman–Crippen LogP) is 4.65. The summed E-state index contributed by atoms with van der Waals surface area (Å²) in [6, 6.07) is 9.85. The van der Waals surface area contributed by atoms with E-state index in [0.29, 0.717) is 22.1 Å². The Morgan fingerprint density at radius 2 is 1.77 bits per heavy atom. The maximum absolute atomic E-state index is 14.0. The van der Waals surface area contributed by atoms with Gasteiger partial charge in [0, 0.05) is 35.4 Å². The number of carbonyl (C=O) groups excluding carboxylic acids is 1. The number of aromatic nitrogens is 3. The van der Waals surface area contributed by atoms with E-state index in [1.165, 1.54) is 32.2 Å². The Labute approximate surface area is 155 Å². The van der Waals surface area contributed by atoms with E-state index in [9.17, 15) is 9.18 Å². The van der Waals surface area contributed by atoms with E-state index in [4.69, 9.17) is 11.6 Å². The third kappa shape index (κ3) is 4.21. The minimum absolute atomic E-state index is 0.201. The van der Waals surface area contributed by atoms with E-state index in [1.807, 2.05) is 0 Å². The monoisotopic (exact) mass is 370 g/mol. The van der Waals surface area contributed by atoms with Crippen molar-refractivity contribution in [3.05, 3.63) is 71.4 Å². The number of rotatable bonds is 4. The van der Waals surface area contributed by atoms with Crippen LogP contribution >= 0.6 is 11.6 Å². The van der Waals surface area contributed by atoms with Crippen molar-refractivity contribution in [3.8, 4) is 11.3 Å². The van der Waals surface area contributed by atoms with Crippen LogP contribution in [0.5, 0.6) is 0 Å². The zero-order chi connectivity index (χ0) is 18.7. The molecule has 3 aromatic heterocycles. The maximum atomic E-state index is 14.0. The second kappa shape index (κ2) is 7.17. The summed E-state index contributed by atoms with van der Waals surface area (Å²) in [6.07, 6.45) is 4.59. The molecule has 0 aromatic carbocycles. The Balaban J connectivity index is 1.83. The number of nitrogens with one attached hydrogen (secondary N) is 1. The highest BCUT2D eigenvalue weighted by Gasteiger charge is 2.21. The number of carbonyl (C=O) groups is 1. The first-order chi connectivity index (χ1) is 12.3. The van der Waals surface area contributed by atoms with Crippen LogP contribution in [0.15, 0.2) is 55.0 Å². The van der Waals surface area contributed by atoms with Gasteiger partial charge in [0.05, 0.1) is 11.4 Å². The Morgan fingerprint density at radius 1 is 1.04 bits per heavy atom. The molecule has 0 aliphatic carbocycles. The summed E-state index contributed by atoms with van der Waals surface area (Å²) in [6.45, 7) is 2.79. The molecular formula is C19H16ClFN4O. The Kier molecular flexibility index (Phi) is 4.95. The number of anilines is 1. The fourth-order valence-electron chi connectivity index (χ4n) is 2.33. The van der Waals surface area contributed by atoms with Crippen molar-refractivity contribution in [2.45, 2.75) is 19.5 Å². The maximum Gasteiger partial charge on any atom is 0.255 e. The van der Waals surface area contributed by atoms with Gasteiger partial charge >= 0.3 is 0 Å². The smallest absolute Gasteiger partial charge is 0.255 e. The molecule has 5 nitrogen and oxygen atoms in total. The highest BCUT2D eigenvalue weighted by molar-refractivity contribution is 6.29. The SMILES string of the molecule is CC(C)(F)c1cc(C(=O)Nc2ccnc(-c3ccnc(Cl)c3)c2)ccn1. The Bertz CT molecular complexity index is 956. The number of nitrogens with zero attached hydrogens (tertiary/aromatic N) is 3. The summed E-state index contributed by atoms with van der Waals surface area (Å²) in [4.78, 5) is 24.7. The lowest BCUT2D eigenvalue weighted by atomic mass is 10.0. The molecular weight excluding hydrogens is 355 g/mol. The molecule has 26 heavy (non-hydrogen) atoms. The molecule has 0 radical (unpaired) electrons. The van der Waals surface area contributed by atoms with Gasteiger partial charge in [-0.1, -0.05) is 11.6 Å². The Hall–Kier alpha value is -2.86. The van der Waals surface area contributed by atoms with E-state index >= 15 is 0 Å². The van der Waals surface area contributed by atoms with Gasteiger partial charge in [0.1, 0.15) is 10.8 Å². The zero-order valence-electron chi connectivity index (χ0n) is 14.2. The molecule has 0 saturated carbocycles. The summed E-state index contributed by atoms with van der Waals surface area (Å²) in [7, 11) is 0. The van der Waals surface area contributed by atoms with E-state index in [0.717, 1.165) is 5.56 Å². The molecule has 1 N–H and O–H groups in total. The van der Waals surface area contributed by atoms with Crippen LogP contribution in [0, 0.1) is 0 Å². The number of amides is 1. The van der Waals surface area contributed by atoms with Crippen molar-refractivity contribution in [1.29, 1.82) is 0 Å². The van der Waals surface area contributed by atoms with Crippen LogP contribution in [0.2, 0.25) is 5.15 Å². The van der Waals surface area contributed by atoms with Crippen LogP contribution in [0.25, 0.3) is 11.3 Å². The van der Waals surface area contributed by atoms with Crippen LogP contribution in [0.1, 0.15) is 29.9 Å². The van der Waals surface area contributed by atoms with Crippen molar-refractivity contribution in [2.24, 2.45) is 0 Å². The molecule has 0 aliphatic heterocycles. The topological polar surface area (TPSA) is 67.8 Å². The first-order valence-corrected chi connectivity index (χ1v) is 8.25. The highest BCUT2D eigenvalue weighted by atomic mass is 35.5. The van der Waals surface area contributed by atoms with Crippen molar-refractivity contribution < 1.29 is 9.18 Å². The van der Waals surface area contributed by atoms with Gasteiger partial charge in [-0.25, -0.2) is 9.37 Å². The normalized spacial score (nSPS) is 11.2. The lowest BCUT2D eigenvalue weighted by Gasteiger charge is -2.14. The van der Waals surface area contributed by atoms with Gasteiger partial charge in [-0.3, -0.25) is 14.8 Å². The standard InChI is InChI=1S/C19H16ClFN4O/c1-19(2,21)16-9-13(4-6-23-16)18(26)25-14-5-8-22-15(11-14)12-3-7-24-17(20)10-12/h3-11H,1-2H3,(H,22,25,26). The summed E-state index contributed by atoms with van der Waals surface area (Å²) in [5, 5.41) is 3.14. The highest BCUT2D eigenvalue weighted by Crippen LogP contribution is 2.24. The second-order valence-electron chi connectivity index (χ2n) is 6.15. The summed E-state index contributed by atoms with van der Waals surface area (Å²) in [5.41, 5.74) is 0.892. The molecule has 7 heteroatoms. The van der Waals surface area contributed by atoms with E-state index in [2.05, 4.69) is 20.3 Å². The number of hydrogen-bond donors (Lipinski definition) is 1. The summed E-state index contributed by atoms with van der Waals surface area (Å²) >= 11 is 5.91. The molecule has 0 spiro atoms. The minimum Gasteiger partial charge on any atom is -0.322 e. The van der Waals surface area contributed by atoms with Gasteiger partial charge in [0.25, 0.3) is 5.91 Å². The fraction of sp³-hybridized carbons (Fsp3) is 0.158. The average molecular weight is 371 g/mol. The van der Waals surface area contributed by atoms with Crippen LogP contribution in [-0.4, -0.2) is 20.9 Å². The number of alkyl halides is 1. The summed E-state index contributed by atoms with van der Waals surface area (Å²) in [5.74, 6) is -0.359. The molecule has 0 atom stereocenters. The molecule has 0 aliphatic rings. The van der Waals surface area contributed by atoms with Crippen LogP contribution in [0.3, 0.4) is 0 Å². The molecule has 132 valence electrons. The van der Waals surface area contributed by atoms with Gasteiger partial charge in [-0.15, -0.1) is 0 Å². The lowest BCUT2D eigenvalue weighted by Crippen LogP contribution is -2.16. The van der Waals surface area contributed by atoms with Crippen molar-refractivity contribution in [1.82, 2.24) is 15.0 Å². The lowest BCUT2D eigenvalue weighted by molar-refractivity contribution is 0.102. The molecule has 3 heterocycles. The van der Waals surface area contributed by atoms with Crippen molar-refractivity contribution in [3.63, 3.8) is 0 Å². The van der Waals surface area contributed by atoms with Gasteiger partial charge in [0.2, 0.25) is 0 Å². The molecule has 0 unspecified atom stereocenters. The van der Waals surface area contributed by atoms with Gasteiger partial charge < -0.3 is 5.32 Å². The predicted molar refractivity (Wildman–Crippen MR) is 98.8 cm³/mol. The first-order valence-electron chi connectivity index (χ1n) is 7.88. The van der Waals surface area contributed by atoms with Crippen LogP contribution in [0.4, 0.5) is 10.1 Å². The van der Waals surface area contributed by atoms with E-state index < -0.39 is 5.67 Å². The van der Waals surface area contributed by atoms with Gasteiger partial charge in [-0.05, 0) is 50.2 Å². The molecule has 3 aromatic rings. The van der Waals surface area contributed by atoms with Gasteiger partial charge in [0.15, 0.2) is 0 Å². The number of pyridine rings is 3. The molecule has 0 fully saturated rings. The molecule has 0 saturated heterocycles. The third-order valence-electron chi connectivity index (χ3n) is 3.67. The van der Waals surface area contributed by atoms with Crippen LogP contribution in [-0.2, 0) is 5.67 Å². The molecule has 3 rings (SSSR count). The fourth-order valence-corrected chi connectivity index (χ4v) is 2.50. The number of hydrogen-bond acceptors (Lipinski definition) is 4. The molecule has 0 bridgehead atoms. The van der Waals surface area contributed by atoms with E-state index in [1.54, 1.807) is 36.7 Å². The first kappa shape index (κ1) is 17.9. The third-order valence-corrected chi connectivity index (χ3v) is 3.88. The summed E-state index contributed by atoms with van der Waals surface area (Å²) < 4.78 is 14.0. The van der Waals surface area contributed by atoms with Crippen molar-refractivity contribution >= 4 is 23.2 Å². The molecule has 1 amide bonds. The quantitative estimate of drug-likeness (QED) is 0.679. The average Bonchev–Trinajstić information content (AvgIpc) is 2.61. The minimum atomic E-state index is -1.62. The van der Waals surface area contributed by atoms with Gasteiger partial charge in [-0.2, -0.15) is 0 Å². The largest absolute Gasteiger partial charge is 0.322 e.